The van der Waals surface area contributed by atoms with Gasteiger partial charge in [-0.15, -0.1) is 0 Å². The van der Waals surface area contributed by atoms with Crippen molar-refractivity contribution in [1.29, 1.82) is 0 Å². The Bertz CT molecular complexity index is 500. The third kappa shape index (κ3) is 1.71. The van der Waals surface area contributed by atoms with Crippen molar-refractivity contribution in [2.45, 2.75) is 58.3 Å². The molecule has 0 aromatic rings. The summed E-state index contributed by atoms with van der Waals surface area (Å²) in [7, 11) is 0. The molecule has 108 valence electrons. The number of allylic oxidation sites excluding steroid dienone is 2. The van der Waals surface area contributed by atoms with Gasteiger partial charge in [-0.05, 0) is 79.3 Å². The summed E-state index contributed by atoms with van der Waals surface area (Å²) in [5.41, 5.74) is 3.25. The van der Waals surface area contributed by atoms with Gasteiger partial charge in [-0.25, -0.2) is 0 Å². The summed E-state index contributed by atoms with van der Waals surface area (Å²) in [5.74, 6) is 3.62. The van der Waals surface area contributed by atoms with Crippen LogP contribution in [0.1, 0.15) is 58.3 Å². The first kappa shape index (κ1) is 12.9. The Hall–Kier alpha value is -0.850. The summed E-state index contributed by atoms with van der Waals surface area (Å²) in [4.78, 5) is 11.7. The molecule has 0 spiro atoms. The Kier molecular flexibility index (Phi) is 2.78. The molecule has 0 N–H and O–H groups in total. The van der Waals surface area contributed by atoms with Crippen molar-refractivity contribution in [3.63, 3.8) is 0 Å². The minimum Gasteiger partial charge on any atom is -0.295 e. The van der Waals surface area contributed by atoms with E-state index in [9.17, 15) is 4.79 Å². The summed E-state index contributed by atoms with van der Waals surface area (Å²) in [6.45, 7) is 6.88. The number of carbonyl (C=O) groups excluding carboxylic acids is 1. The molecule has 0 heterocycles. The average Bonchev–Trinajstić information content (AvgIpc) is 2.81. The van der Waals surface area contributed by atoms with Gasteiger partial charge in [0.05, 0.1) is 0 Å². The van der Waals surface area contributed by atoms with E-state index in [0.717, 1.165) is 30.6 Å². The molecule has 4 aliphatic carbocycles. The molecule has 3 saturated carbocycles. The number of hydrogen-bond donors (Lipinski definition) is 0. The Morgan fingerprint density at radius 3 is 2.90 bits per heavy atom. The van der Waals surface area contributed by atoms with Crippen LogP contribution in [0.2, 0.25) is 0 Å². The summed E-state index contributed by atoms with van der Waals surface area (Å²) in [6.07, 6.45) is 12.1. The van der Waals surface area contributed by atoms with E-state index < -0.39 is 0 Å². The molecule has 20 heavy (non-hydrogen) atoms. The van der Waals surface area contributed by atoms with Crippen molar-refractivity contribution < 1.29 is 4.79 Å². The highest BCUT2D eigenvalue weighted by Crippen LogP contribution is 2.62. The largest absolute Gasteiger partial charge is 0.295 e. The van der Waals surface area contributed by atoms with E-state index in [1.807, 2.05) is 6.08 Å². The van der Waals surface area contributed by atoms with E-state index in [1.165, 1.54) is 49.7 Å². The zero-order valence-corrected chi connectivity index (χ0v) is 12.7. The van der Waals surface area contributed by atoms with Gasteiger partial charge in [0.1, 0.15) is 0 Å². The minimum atomic E-state index is 0.331. The van der Waals surface area contributed by atoms with Crippen LogP contribution in [0.3, 0.4) is 0 Å². The second kappa shape index (κ2) is 4.32. The summed E-state index contributed by atoms with van der Waals surface area (Å²) >= 11 is 0. The number of fused-ring (bicyclic) bond motifs is 5. The first-order chi connectivity index (χ1) is 9.58. The van der Waals surface area contributed by atoms with Gasteiger partial charge in [-0.2, -0.15) is 0 Å². The maximum Gasteiger partial charge on any atom is 0.156 e. The number of hydrogen-bond acceptors (Lipinski definition) is 1. The molecule has 1 nitrogen and oxygen atoms in total. The third-order valence-electron chi connectivity index (χ3n) is 7.10. The number of rotatable bonds is 0. The highest BCUT2D eigenvalue weighted by Gasteiger charge is 2.52. The molecule has 0 unspecified atom stereocenters. The van der Waals surface area contributed by atoms with E-state index >= 15 is 0 Å². The lowest BCUT2D eigenvalue weighted by atomic mass is 9.52. The van der Waals surface area contributed by atoms with Crippen LogP contribution in [0.5, 0.6) is 0 Å². The van der Waals surface area contributed by atoms with E-state index in [1.54, 1.807) is 0 Å². The van der Waals surface area contributed by atoms with E-state index in [-0.39, 0.29) is 0 Å². The third-order valence-corrected chi connectivity index (χ3v) is 7.10. The van der Waals surface area contributed by atoms with Crippen LogP contribution >= 0.6 is 0 Å². The fourth-order valence-corrected chi connectivity index (χ4v) is 6.12. The maximum absolute atomic E-state index is 11.7. The molecule has 4 aliphatic rings. The van der Waals surface area contributed by atoms with Crippen LogP contribution < -0.4 is 0 Å². The van der Waals surface area contributed by atoms with Gasteiger partial charge >= 0.3 is 0 Å². The Morgan fingerprint density at radius 2 is 2.05 bits per heavy atom. The summed E-state index contributed by atoms with van der Waals surface area (Å²) in [6, 6.07) is 0. The molecular weight excluding hydrogens is 244 g/mol. The van der Waals surface area contributed by atoms with Gasteiger partial charge in [0, 0.05) is 6.42 Å². The molecule has 0 saturated heterocycles. The lowest BCUT2D eigenvalue weighted by molar-refractivity contribution is -0.115. The molecule has 0 amide bonds. The predicted octanol–water partition coefficient (Wildman–Crippen LogP) is 4.68. The highest BCUT2D eigenvalue weighted by molar-refractivity contribution is 5.92. The standard InChI is InChI=1S/C19H26O/c1-12-10-17-15(14-6-5-13(20)11-16(12)14)7-9-19(2)8-3-4-18(17)19/h11,14-15,17-18H,1,3-10H2,2H3/t14-,15-,17-,18+,19+/m1/s1. The fraction of sp³-hybridized carbons (Fsp3) is 0.737. The predicted molar refractivity (Wildman–Crippen MR) is 81.2 cm³/mol. The average molecular weight is 270 g/mol. The first-order valence-corrected chi connectivity index (χ1v) is 8.51. The minimum absolute atomic E-state index is 0.331. The van der Waals surface area contributed by atoms with Crippen molar-refractivity contribution in [1.82, 2.24) is 0 Å². The fourth-order valence-electron chi connectivity index (χ4n) is 6.12. The topological polar surface area (TPSA) is 17.1 Å². The van der Waals surface area contributed by atoms with Crippen LogP contribution in [-0.4, -0.2) is 5.78 Å². The van der Waals surface area contributed by atoms with Crippen molar-refractivity contribution in [2.75, 3.05) is 0 Å². The van der Waals surface area contributed by atoms with Crippen LogP contribution in [0.15, 0.2) is 23.8 Å². The first-order valence-electron chi connectivity index (χ1n) is 8.51. The molecule has 0 bridgehead atoms. The SMILES string of the molecule is C=C1C[C@@H]2[C@H](CC[C@]3(C)CCC[C@@H]23)[C@H]2CCC(=O)C=C12. The van der Waals surface area contributed by atoms with Crippen LogP contribution in [0.25, 0.3) is 0 Å². The van der Waals surface area contributed by atoms with Crippen LogP contribution in [0, 0.1) is 29.1 Å². The van der Waals surface area contributed by atoms with Crippen molar-refractivity contribution in [3.05, 3.63) is 23.8 Å². The van der Waals surface area contributed by atoms with Crippen LogP contribution in [0.4, 0.5) is 0 Å². The molecule has 5 atom stereocenters. The molecule has 3 fully saturated rings. The van der Waals surface area contributed by atoms with Crippen molar-refractivity contribution in [2.24, 2.45) is 29.1 Å². The summed E-state index contributed by atoms with van der Waals surface area (Å²) < 4.78 is 0. The summed E-state index contributed by atoms with van der Waals surface area (Å²) in [5, 5.41) is 0. The van der Waals surface area contributed by atoms with Crippen molar-refractivity contribution in [3.8, 4) is 0 Å². The second-order valence-corrected chi connectivity index (χ2v) is 8.04. The molecule has 0 aromatic heterocycles. The Labute approximate surface area is 122 Å². The van der Waals surface area contributed by atoms with E-state index in [2.05, 4.69) is 13.5 Å². The van der Waals surface area contributed by atoms with Gasteiger partial charge in [-0.3, -0.25) is 4.79 Å². The lowest BCUT2D eigenvalue weighted by Gasteiger charge is -2.53. The Balaban J connectivity index is 1.69. The monoisotopic (exact) mass is 270 g/mol. The van der Waals surface area contributed by atoms with Gasteiger partial charge in [0.2, 0.25) is 0 Å². The quantitative estimate of drug-likeness (QED) is 0.624. The molecule has 0 aliphatic heterocycles. The molecule has 0 radical (unpaired) electrons. The molecule has 4 rings (SSSR count). The smallest absolute Gasteiger partial charge is 0.156 e. The maximum atomic E-state index is 11.7. The highest BCUT2D eigenvalue weighted by atomic mass is 16.1. The van der Waals surface area contributed by atoms with Crippen LogP contribution in [-0.2, 0) is 4.79 Å². The number of ketones is 1. The van der Waals surface area contributed by atoms with Gasteiger partial charge in [-0.1, -0.05) is 25.5 Å². The Morgan fingerprint density at radius 1 is 1.20 bits per heavy atom. The number of carbonyl (C=O) groups is 1. The normalized spacial score (nSPS) is 47.4. The van der Waals surface area contributed by atoms with E-state index in [0.29, 0.717) is 17.1 Å². The van der Waals surface area contributed by atoms with E-state index in [4.69, 9.17) is 0 Å². The zero-order chi connectivity index (χ0) is 13.9. The second-order valence-electron chi connectivity index (χ2n) is 8.04. The lowest BCUT2D eigenvalue weighted by Crippen LogP contribution is -2.45. The molecular formula is C19H26O. The molecule has 1 heteroatoms. The van der Waals surface area contributed by atoms with Gasteiger partial charge < -0.3 is 0 Å². The van der Waals surface area contributed by atoms with Gasteiger partial charge in [0.15, 0.2) is 5.78 Å². The zero-order valence-electron chi connectivity index (χ0n) is 12.7. The van der Waals surface area contributed by atoms with Gasteiger partial charge in [0.25, 0.3) is 0 Å². The molecule has 0 aromatic carbocycles. The van der Waals surface area contributed by atoms with Crippen molar-refractivity contribution >= 4 is 5.78 Å².